The lowest BCUT2D eigenvalue weighted by Crippen LogP contribution is -2.42. The van der Waals surface area contributed by atoms with Crippen molar-refractivity contribution in [3.63, 3.8) is 0 Å². The molecule has 0 N–H and O–H groups in total. The molecule has 0 atom stereocenters. The quantitative estimate of drug-likeness (QED) is 0.711. The summed E-state index contributed by atoms with van der Waals surface area (Å²) < 4.78 is 5.87. The number of hydrogen-bond acceptors (Lipinski definition) is 2. The van der Waals surface area contributed by atoms with Gasteiger partial charge in [0, 0.05) is 13.0 Å². The molecule has 0 aromatic heterocycles. The van der Waals surface area contributed by atoms with Crippen molar-refractivity contribution >= 4 is 5.78 Å². The van der Waals surface area contributed by atoms with Gasteiger partial charge in [0.1, 0.15) is 5.60 Å². The number of Topliss-reactive ketones (excluding diaryl/α,β-unsaturated/α-hetero) is 1. The summed E-state index contributed by atoms with van der Waals surface area (Å²) in [5.74, 6) is 0.346. The van der Waals surface area contributed by atoms with Crippen LogP contribution in [0.1, 0.15) is 71.6 Å². The molecule has 0 heterocycles. The normalized spacial score (nSPS) is 21.1. The average molecular weight is 226 g/mol. The molecule has 1 saturated carbocycles. The summed E-state index contributed by atoms with van der Waals surface area (Å²) >= 11 is 0. The highest BCUT2D eigenvalue weighted by Crippen LogP contribution is 2.31. The number of ketones is 1. The van der Waals surface area contributed by atoms with Gasteiger partial charge in [-0.05, 0) is 26.2 Å². The van der Waals surface area contributed by atoms with Crippen molar-refractivity contribution in [2.45, 2.75) is 77.2 Å². The van der Waals surface area contributed by atoms with Crippen LogP contribution in [0.4, 0.5) is 0 Å². The van der Waals surface area contributed by atoms with E-state index in [1.54, 1.807) is 0 Å². The molecule has 0 unspecified atom stereocenters. The van der Waals surface area contributed by atoms with Crippen molar-refractivity contribution in [3.8, 4) is 0 Å². The Kier molecular flexibility index (Phi) is 6.04. The van der Waals surface area contributed by atoms with E-state index < -0.39 is 5.60 Å². The van der Waals surface area contributed by atoms with Gasteiger partial charge < -0.3 is 4.74 Å². The molecular formula is C14H26O2. The second kappa shape index (κ2) is 7.05. The van der Waals surface area contributed by atoms with E-state index >= 15 is 0 Å². The zero-order valence-corrected chi connectivity index (χ0v) is 10.9. The van der Waals surface area contributed by atoms with Crippen molar-refractivity contribution in [3.05, 3.63) is 0 Å². The van der Waals surface area contributed by atoms with Crippen LogP contribution < -0.4 is 0 Å². The fraction of sp³-hybridized carbons (Fsp3) is 0.929. The highest BCUT2D eigenvalue weighted by molar-refractivity contribution is 5.87. The summed E-state index contributed by atoms with van der Waals surface area (Å²) in [6.07, 6.45) is 9.64. The number of carbonyl (C=O) groups is 1. The van der Waals surface area contributed by atoms with E-state index in [1.807, 2.05) is 6.92 Å². The Labute approximate surface area is 99.8 Å². The zero-order valence-electron chi connectivity index (χ0n) is 10.9. The van der Waals surface area contributed by atoms with E-state index in [0.717, 1.165) is 32.1 Å². The molecule has 94 valence electrons. The summed E-state index contributed by atoms with van der Waals surface area (Å²) in [5, 5.41) is 0. The molecule has 1 aliphatic rings. The molecule has 0 aliphatic heterocycles. The van der Waals surface area contributed by atoms with E-state index in [-0.39, 0.29) is 0 Å². The zero-order chi connectivity index (χ0) is 11.9. The first-order valence-corrected chi connectivity index (χ1v) is 6.92. The fourth-order valence-corrected chi connectivity index (χ4v) is 2.71. The maximum atomic E-state index is 12.3. The molecule has 1 aliphatic carbocycles. The highest BCUT2D eigenvalue weighted by Gasteiger charge is 2.37. The first-order valence-electron chi connectivity index (χ1n) is 6.92. The third-order valence-corrected chi connectivity index (χ3v) is 3.57. The van der Waals surface area contributed by atoms with Gasteiger partial charge in [-0.3, -0.25) is 4.79 Å². The van der Waals surface area contributed by atoms with Crippen molar-refractivity contribution < 1.29 is 9.53 Å². The standard InChI is InChI=1S/C14H26O2/c1-3-10-13(15)14(16-4-2)11-8-6-5-7-9-12-14/h3-12H2,1-2H3. The van der Waals surface area contributed by atoms with Crippen LogP contribution in [-0.2, 0) is 9.53 Å². The predicted octanol–water partition coefficient (Wildman–Crippen LogP) is 3.88. The summed E-state index contributed by atoms with van der Waals surface area (Å²) in [4.78, 5) is 12.3. The second-order valence-electron chi connectivity index (χ2n) is 4.87. The lowest BCUT2D eigenvalue weighted by molar-refractivity contribution is -0.147. The van der Waals surface area contributed by atoms with Crippen LogP contribution in [0.3, 0.4) is 0 Å². The maximum absolute atomic E-state index is 12.3. The predicted molar refractivity (Wildman–Crippen MR) is 66.6 cm³/mol. The van der Waals surface area contributed by atoms with Crippen LogP contribution >= 0.6 is 0 Å². The molecule has 0 saturated heterocycles. The minimum atomic E-state index is -0.425. The van der Waals surface area contributed by atoms with Gasteiger partial charge in [0.2, 0.25) is 0 Å². The first kappa shape index (κ1) is 13.7. The van der Waals surface area contributed by atoms with E-state index in [0.29, 0.717) is 18.8 Å². The Balaban J connectivity index is 2.69. The van der Waals surface area contributed by atoms with E-state index in [1.165, 1.54) is 19.3 Å². The van der Waals surface area contributed by atoms with Crippen LogP contribution in [0.25, 0.3) is 0 Å². The van der Waals surface area contributed by atoms with Crippen molar-refractivity contribution in [2.75, 3.05) is 6.61 Å². The van der Waals surface area contributed by atoms with E-state index in [4.69, 9.17) is 4.74 Å². The number of hydrogen-bond donors (Lipinski definition) is 0. The smallest absolute Gasteiger partial charge is 0.164 e. The van der Waals surface area contributed by atoms with Gasteiger partial charge >= 0.3 is 0 Å². The first-order chi connectivity index (χ1) is 7.75. The van der Waals surface area contributed by atoms with E-state index in [9.17, 15) is 4.79 Å². The summed E-state index contributed by atoms with van der Waals surface area (Å²) in [7, 11) is 0. The van der Waals surface area contributed by atoms with Crippen molar-refractivity contribution in [1.82, 2.24) is 0 Å². The maximum Gasteiger partial charge on any atom is 0.164 e. The van der Waals surface area contributed by atoms with Crippen LogP contribution in [0.5, 0.6) is 0 Å². The molecule has 16 heavy (non-hydrogen) atoms. The molecule has 1 fully saturated rings. The number of rotatable bonds is 5. The third kappa shape index (κ3) is 3.58. The minimum Gasteiger partial charge on any atom is -0.368 e. The van der Waals surface area contributed by atoms with Crippen LogP contribution in [0, 0.1) is 0 Å². The minimum absolute atomic E-state index is 0.346. The molecule has 0 aromatic rings. The Hall–Kier alpha value is -0.370. The number of ether oxygens (including phenoxy) is 1. The van der Waals surface area contributed by atoms with Gasteiger partial charge in [0.15, 0.2) is 5.78 Å². The van der Waals surface area contributed by atoms with Gasteiger partial charge in [-0.2, -0.15) is 0 Å². The fourth-order valence-electron chi connectivity index (χ4n) is 2.71. The average Bonchev–Trinajstić information content (AvgIpc) is 2.22. The van der Waals surface area contributed by atoms with Crippen molar-refractivity contribution in [1.29, 1.82) is 0 Å². The van der Waals surface area contributed by atoms with Crippen LogP contribution in [0.15, 0.2) is 0 Å². The largest absolute Gasteiger partial charge is 0.368 e. The van der Waals surface area contributed by atoms with Gasteiger partial charge in [-0.15, -0.1) is 0 Å². The van der Waals surface area contributed by atoms with Gasteiger partial charge in [0.25, 0.3) is 0 Å². The Bertz CT molecular complexity index is 203. The molecular weight excluding hydrogens is 200 g/mol. The highest BCUT2D eigenvalue weighted by atomic mass is 16.5. The number of carbonyl (C=O) groups excluding carboxylic acids is 1. The van der Waals surface area contributed by atoms with Gasteiger partial charge in [-0.25, -0.2) is 0 Å². The lowest BCUT2D eigenvalue weighted by atomic mass is 9.82. The SMILES string of the molecule is CCCC(=O)C1(OCC)CCCCCCC1. The second-order valence-corrected chi connectivity index (χ2v) is 4.87. The lowest BCUT2D eigenvalue weighted by Gasteiger charge is -2.33. The Morgan fingerprint density at radius 3 is 2.12 bits per heavy atom. The molecule has 2 heteroatoms. The molecule has 0 bridgehead atoms. The topological polar surface area (TPSA) is 26.3 Å². The molecule has 2 nitrogen and oxygen atoms in total. The van der Waals surface area contributed by atoms with Crippen molar-refractivity contribution in [2.24, 2.45) is 0 Å². The Morgan fingerprint density at radius 2 is 1.62 bits per heavy atom. The molecule has 0 aromatic carbocycles. The molecule has 0 amide bonds. The van der Waals surface area contributed by atoms with E-state index in [2.05, 4.69) is 6.92 Å². The molecule has 0 radical (unpaired) electrons. The van der Waals surface area contributed by atoms with Gasteiger partial charge in [-0.1, -0.05) is 39.0 Å². The van der Waals surface area contributed by atoms with Gasteiger partial charge in [0.05, 0.1) is 0 Å². The summed E-state index contributed by atoms with van der Waals surface area (Å²) in [6, 6.07) is 0. The molecule has 1 rings (SSSR count). The Morgan fingerprint density at radius 1 is 1.06 bits per heavy atom. The van der Waals surface area contributed by atoms with Crippen LogP contribution in [0.2, 0.25) is 0 Å². The third-order valence-electron chi connectivity index (χ3n) is 3.57. The summed E-state index contributed by atoms with van der Waals surface area (Å²) in [5.41, 5.74) is -0.425. The summed E-state index contributed by atoms with van der Waals surface area (Å²) in [6.45, 7) is 4.73. The monoisotopic (exact) mass is 226 g/mol. The molecule has 0 spiro atoms. The van der Waals surface area contributed by atoms with Crippen LogP contribution in [-0.4, -0.2) is 18.0 Å².